The molecule has 0 saturated carbocycles. The van der Waals surface area contributed by atoms with Crippen molar-refractivity contribution in [3.8, 4) is 0 Å². The molecular formula is C17H26O8. The smallest absolute Gasteiger partial charge is 0.337 e. The van der Waals surface area contributed by atoms with E-state index < -0.39 is 36.0 Å². The predicted molar refractivity (Wildman–Crippen MR) is 86.4 cm³/mol. The first-order chi connectivity index (χ1) is 11.8. The van der Waals surface area contributed by atoms with E-state index in [9.17, 15) is 14.4 Å². The van der Waals surface area contributed by atoms with Gasteiger partial charge < -0.3 is 23.7 Å². The molecule has 8 nitrogen and oxygen atoms in total. The lowest BCUT2D eigenvalue weighted by Crippen LogP contribution is -2.43. The lowest BCUT2D eigenvalue weighted by Gasteiger charge is -2.28. The molecule has 1 rings (SSSR count). The maximum Gasteiger partial charge on any atom is 0.337 e. The molecule has 0 aromatic heterocycles. The lowest BCUT2D eigenvalue weighted by molar-refractivity contribution is -0.191. The van der Waals surface area contributed by atoms with Crippen LogP contribution in [0, 0.1) is 0 Å². The highest BCUT2D eigenvalue weighted by Crippen LogP contribution is 2.38. The summed E-state index contributed by atoms with van der Waals surface area (Å²) in [5.74, 6) is -2.23. The van der Waals surface area contributed by atoms with Crippen LogP contribution in [0.3, 0.4) is 0 Å². The second kappa shape index (κ2) is 9.53. The van der Waals surface area contributed by atoms with E-state index >= 15 is 0 Å². The Balaban J connectivity index is 3.13. The van der Waals surface area contributed by atoms with Gasteiger partial charge in [-0.25, -0.2) is 4.79 Å². The van der Waals surface area contributed by atoms with Crippen LogP contribution in [-0.4, -0.2) is 55.7 Å². The van der Waals surface area contributed by atoms with Gasteiger partial charge >= 0.3 is 11.9 Å². The molecule has 3 atom stereocenters. The van der Waals surface area contributed by atoms with Crippen molar-refractivity contribution in [3.63, 3.8) is 0 Å². The SMILES string of the molecule is C=C(C(=O)OCC)C(OC(C)=O)C1OC(CC)(CC)OC1COC=O. The minimum absolute atomic E-state index is 0.0650. The van der Waals surface area contributed by atoms with Crippen molar-refractivity contribution in [2.75, 3.05) is 13.2 Å². The van der Waals surface area contributed by atoms with Crippen molar-refractivity contribution in [1.82, 2.24) is 0 Å². The highest BCUT2D eigenvalue weighted by atomic mass is 16.8. The summed E-state index contributed by atoms with van der Waals surface area (Å²) in [6.45, 7) is 10.6. The van der Waals surface area contributed by atoms with Gasteiger partial charge in [-0.3, -0.25) is 9.59 Å². The molecule has 0 aliphatic carbocycles. The molecule has 142 valence electrons. The number of ether oxygens (including phenoxy) is 5. The number of rotatable bonds is 10. The Morgan fingerprint density at radius 1 is 1.24 bits per heavy atom. The largest absolute Gasteiger partial charge is 0.465 e. The zero-order valence-corrected chi connectivity index (χ0v) is 15.1. The lowest BCUT2D eigenvalue weighted by atomic mass is 10.0. The molecule has 0 radical (unpaired) electrons. The monoisotopic (exact) mass is 358 g/mol. The summed E-state index contributed by atoms with van der Waals surface area (Å²) in [6, 6.07) is 0. The van der Waals surface area contributed by atoms with E-state index in [0.717, 1.165) is 0 Å². The Morgan fingerprint density at radius 3 is 2.36 bits per heavy atom. The van der Waals surface area contributed by atoms with Gasteiger partial charge in [-0.1, -0.05) is 20.4 Å². The second-order valence-corrected chi connectivity index (χ2v) is 5.56. The van der Waals surface area contributed by atoms with Gasteiger partial charge in [0.2, 0.25) is 0 Å². The topological polar surface area (TPSA) is 97.4 Å². The van der Waals surface area contributed by atoms with E-state index in [1.165, 1.54) is 6.92 Å². The molecule has 8 heteroatoms. The Kier molecular flexibility index (Phi) is 8.05. The summed E-state index contributed by atoms with van der Waals surface area (Å²) in [4.78, 5) is 34.1. The molecule has 0 aromatic carbocycles. The minimum Gasteiger partial charge on any atom is -0.465 e. The Labute approximate surface area is 147 Å². The number of carbonyl (C=O) groups is 3. The van der Waals surface area contributed by atoms with Crippen LogP contribution >= 0.6 is 0 Å². The normalized spacial score (nSPS) is 22.7. The highest BCUT2D eigenvalue weighted by molar-refractivity contribution is 5.89. The van der Waals surface area contributed by atoms with Crippen LogP contribution in [0.25, 0.3) is 0 Å². The summed E-state index contributed by atoms with van der Waals surface area (Å²) in [5, 5.41) is 0. The molecular weight excluding hydrogens is 332 g/mol. The van der Waals surface area contributed by atoms with E-state index in [-0.39, 0.29) is 18.8 Å². The van der Waals surface area contributed by atoms with Crippen molar-refractivity contribution in [1.29, 1.82) is 0 Å². The molecule has 3 unspecified atom stereocenters. The van der Waals surface area contributed by atoms with Crippen molar-refractivity contribution in [2.24, 2.45) is 0 Å². The fourth-order valence-electron chi connectivity index (χ4n) is 2.65. The minimum atomic E-state index is -1.11. The number of hydrogen-bond acceptors (Lipinski definition) is 8. The molecule has 0 aromatic rings. The van der Waals surface area contributed by atoms with Gasteiger partial charge in [0.05, 0.1) is 12.2 Å². The fourth-order valence-corrected chi connectivity index (χ4v) is 2.65. The first-order valence-corrected chi connectivity index (χ1v) is 8.28. The second-order valence-electron chi connectivity index (χ2n) is 5.56. The zero-order chi connectivity index (χ0) is 19.0. The van der Waals surface area contributed by atoms with Gasteiger partial charge in [-0.15, -0.1) is 0 Å². The molecule has 0 spiro atoms. The third kappa shape index (κ3) is 5.27. The van der Waals surface area contributed by atoms with Gasteiger partial charge in [0.1, 0.15) is 18.8 Å². The summed E-state index contributed by atoms with van der Waals surface area (Å²) < 4.78 is 26.9. The predicted octanol–water partition coefficient (Wildman–Crippen LogP) is 1.51. The van der Waals surface area contributed by atoms with E-state index in [2.05, 4.69) is 6.58 Å². The van der Waals surface area contributed by atoms with Crippen LogP contribution in [-0.2, 0) is 38.1 Å². The van der Waals surface area contributed by atoms with Gasteiger partial charge in [0, 0.05) is 6.92 Å². The highest BCUT2D eigenvalue weighted by Gasteiger charge is 2.51. The third-order valence-corrected chi connectivity index (χ3v) is 3.96. The number of hydrogen-bond donors (Lipinski definition) is 0. The first-order valence-electron chi connectivity index (χ1n) is 8.28. The Bertz CT molecular complexity index is 497. The molecule has 25 heavy (non-hydrogen) atoms. The van der Waals surface area contributed by atoms with Gasteiger partial charge in [-0.05, 0) is 19.8 Å². The molecule has 0 amide bonds. The number of carbonyl (C=O) groups excluding carboxylic acids is 3. The third-order valence-electron chi connectivity index (χ3n) is 3.96. The quantitative estimate of drug-likeness (QED) is 0.251. The van der Waals surface area contributed by atoms with Crippen LogP contribution in [0.1, 0.15) is 40.5 Å². The molecule has 0 bridgehead atoms. The van der Waals surface area contributed by atoms with Crippen LogP contribution in [0.4, 0.5) is 0 Å². The summed E-state index contributed by atoms with van der Waals surface area (Å²) in [5.41, 5.74) is -0.0650. The van der Waals surface area contributed by atoms with Crippen molar-refractivity contribution >= 4 is 18.4 Å². The molecule has 1 fully saturated rings. The van der Waals surface area contributed by atoms with Crippen LogP contribution < -0.4 is 0 Å². The summed E-state index contributed by atoms with van der Waals surface area (Å²) in [6.07, 6.45) is -1.65. The molecule has 0 N–H and O–H groups in total. The van der Waals surface area contributed by atoms with E-state index in [1.54, 1.807) is 6.92 Å². The molecule has 1 aliphatic heterocycles. The van der Waals surface area contributed by atoms with E-state index in [0.29, 0.717) is 19.3 Å². The van der Waals surface area contributed by atoms with E-state index in [4.69, 9.17) is 23.7 Å². The Morgan fingerprint density at radius 2 is 1.88 bits per heavy atom. The summed E-state index contributed by atoms with van der Waals surface area (Å²) >= 11 is 0. The molecule has 1 saturated heterocycles. The maximum atomic E-state index is 12.0. The molecule has 1 aliphatic rings. The van der Waals surface area contributed by atoms with Crippen LogP contribution in [0.15, 0.2) is 12.2 Å². The fraction of sp³-hybridized carbons (Fsp3) is 0.706. The maximum absolute atomic E-state index is 12.0. The standard InChI is InChI=1S/C17H26O8/c1-6-17(7-2)24-13(9-21-10-18)15(25-17)14(23-12(5)19)11(4)16(20)22-8-3/h10,13-15H,4,6-9H2,1-3,5H3. The first kappa shape index (κ1) is 21.1. The summed E-state index contributed by atoms with van der Waals surface area (Å²) in [7, 11) is 0. The average molecular weight is 358 g/mol. The van der Waals surface area contributed by atoms with Gasteiger partial charge in [-0.2, -0.15) is 0 Å². The zero-order valence-electron chi connectivity index (χ0n) is 15.1. The van der Waals surface area contributed by atoms with Crippen molar-refractivity contribution in [3.05, 3.63) is 12.2 Å². The number of esters is 2. The van der Waals surface area contributed by atoms with Crippen LogP contribution in [0.2, 0.25) is 0 Å². The van der Waals surface area contributed by atoms with Gasteiger partial charge in [0.25, 0.3) is 6.47 Å². The van der Waals surface area contributed by atoms with E-state index in [1.807, 2.05) is 13.8 Å². The van der Waals surface area contributed by atoms with Gasteiger partial charge in [0.15, 0.2) is 11.9 Å². The molecule has 1 heterocycles. The average Bonchev–Trinajstić information content (AvgIpc) is 2.96. The van der Waals surface area contributed by atoms with Crippen molar-refractivity contribution in [2.45, 2.75) is 64.6 Å². The Hall–Kier alpha value is -1.93. The van der Waals surface area contributed by atoms with Crippen LogP contribution in [0.5, 0.6) is 0 Å². The van der Waals surface area contributed by atoms with Crippen molar-refractivity contribution < 1.29 is 38.1 Å².